The topological polar surface area (TPSA) is 51.2 Å². The number of fused-ring (bicyclic) bond motifs is 1. The number of nitrogens with zero attached hydrogens (tertiary/aromatic N) is 1. The molecule has 0 fully saturated rings. The van der Waals surface area contributed by atoms with Gasteiger partial charge in [-0.3, -0.25) is 10.1 Å². The average molecular weight is 457 g/mol. The van der Waals surface area contributed by atoms with E-state index < -0.39 is 0 Å². The predicted molar refractivity (Wildman–Crippen MR) is 112 cm³/mol. The maximum absolute atomic E-state index is 13.8. The Hall–Kier alpha value is -2.77. The van der Waals surface area contributed by atoms with Crippen molar-refractivity contribution >= 4 is 44.4 Å². The number of ether oxygens (including phenoxy) is 1. The van der Waals surface area contributed by atoms with Gasteiger partial charge in [-0.1, -0.05) is 34.1 Å². The highest BCUT2D eigenvalue weighted by Gasteiger charge is 2.14. The molecule has 4 nitrogen and oxygen atoms in total. The van der Waals surface area contributed by atoms with Crippen LogP contribution in [0, 0.1) is 5.82 Å². The van der Waals surface area contributed by atoms with Gasteiger partial charge in [0.15, 0.2) is 5.13 Å². The minimum atomic E-state index is -0.292. The number of benzene rings is 2. The minimum Gasteiger partial charge on any atom is -0.464 e. The number of anilines is 1. The van der Waals surface area contributed by atoms with Crippen LogP contribution in [-0.2, 0) is 11.2 Å². The summed E-state index contributed by atoms with van der Waals surface area (Å²) in [6.45, 7) is 0. The third kappa shape index (κ3) is 4.21. The first-order valence-electron chi connectivity index (χ1n) is 8.42. The van der Waals surface area contributed by atoms with Gasteiger partial charge in [-0.15, -0.1) is 11.3 Å². The molecule has 3 aromatic rings. The number of thiazole rings is 1. The van der Waals surface area contributed by atoms with E-state index in [1.807, 2.05) is 18.2 Å². The van der Waals surface area contributed by atoms with Gasteiger partial charge in [0.1, 0.15) is 11.6 Å². The molecule has 0 aliphatic carbocycles. The van der Waals surface area contributed by atoms with Crippen molar-refractivity contribution in [3.05, 3.63) is 92.9 Å². The first kappa shape index (κ1) is 18.6. The molecule has 0 radical (unpaired) electrons. The Morgan fingerprint density at radius 1 is 1.25 bits per heavy atom. The molecule has 1 aromatic heterocycles. The molecule has 0 spiro atoms. The highest BCUT2D eigenvalue weighted by Crippen LogP contribution is 2.29. The molecule has 1 N–H and O–H groups in total. The molecule has 2 heterocycles. The smallest absolute Gasteiger partial charge is 0.257 e. The van der Waals surface area contributed by atoms with Crippen molar-refractivity contribution in [2.45, 2.75) is 6.42 Å². The molecule has 7 heteroatoms. The summed E-state index contributed by atoms with van der Waals surface area (Å²) in [7, 11) is 0. The van der Waals surface area contributed by atoms with E-state index in [4.69, 9.17) is 4.74 Å². The molecular weight excluding hydrogens is 443 g/mol. The van der Waals surface area contributed by atoms with Crippen LogP contribution in [0.15, 0.2) is 71.0 Å². The van der Waals surface area contributed by atoms with Crippen LogP contribution in [0.2, 0.25) is 0 Å². The number of carbonyl (C=O) groups excluding carboxylic acids is 1. The van der Waals surface area contributed by atoms with Gasteiger partial charge >= 0.3 is 0 Å². The van der Waals surface area contributed by atoms with E-state index in [-0.39, 0.29) is 11.7 Å². The Labute approximate surface area is 173 Å². The molecule has 1 aliphatic heterocycles. The summed E-state index contributed by atoms with van der Waals surface area (Å²) < 4.78 is 20.2. The van der Waals surface area contributed by atoms with Crippen LogP contribution in [0.4, 0.5) is 9.52 Å². The Balaban J connectivity index is 1.50. The van der Waals surface area contributed by atoms with E-state index >= 15 is 0 Å². The Morgan fingerprint density at radius 2 is 2.11 bits per heavy atom. The summed E-state index contributed by atoms with van der Waals surface area (Å²) in [6.07, 6.45) is 6.93. The minimum absolute atomic E-state index is 0.250. The summed E-state index contributed by atoms with van der Waals surface area (Å²) in [5.74, 6) is 0.128. The summed E-state index contributed by atoms with van der Waals surface area (Å²) in [5, 5.41) is 3.26. The zero-order valence-electron chi connectivity index (χ0n) is 14.5. The quantitative estimate of drug-likeness (QED) is 0.558. The van der Waals surface area contributed by atoms with E-state index in [1.54, 1.807) is 36.5 Å². The summed E-state index contributed by atoms with van der Waals surface area (Å²) >= 11 is 4.74. The van der Waals surface area contributed by atoms with Crippen molar-refractivity contribution < 1.29 is 13.9 Å². The molecule has 0 unspecified atom stereocenters. The lowest BCUT2D eigenvalue weighted by Crippen LogP contribution is -2.12. The van der Waals surface area contributed by atoms with E-state index in [1.165, 1.54) is 23.7 Å². The van der Waals surface area contributed by atoms with Gasteiger partial charge in [-0.25, -0.2) is 9.37 Å². The molecule has 0 bridgehead atoms. The molecule has 1 amide bonds. The van der Waals surface area contributed by atoms with E-state index in [2.05, 4.69) is 26.2 Å². The Kier molecular flexibility index (Phi) is 5.36. The van der Waals surface area contributed by atoms with Crippen LogP contribution in [0.5, 0.6) is 5.75 Å². The van der Waals surface area contributed by atoms with Gasteiger partial charge in [0, 0.05) is 33.1 Å². The maximum atomic E-state index is 13.8. The first-order chi connectivity index (χ1) is 13.6. The van der Waals surface area contributed by atoms with Crippen molar-refractivity contribution in [3.8, 4) is 5.75 Å². The summed E-state index contributed by atoms with van der Waals surface area (Å²) in [4.78, 5) is 17.7. The second kappa shape index (κ2) is 8.08. The van der Waals surface area contributed by atoms with Crippen molar-refractivity contribution in [1.29, 1.82) is 0 Å². The van der Waals surface area contributed by atoms with Crippen molar-refractivity contribution in [3.63, 3.8) is 0 Å². The zero-order valence-corrected chi connectivity index (χ0v) is 16.9. The van der Waals surface area contributed by atoms with Crippen molar-refractivity contribution in [1.82, 2.24) is 4.98 Å². The third-order valence-corrected chi connectivity index (χ3v) is 5.49. The van der Waals surface area contributed by atoms with Crippen molar-refractivity contribution in [2.75, 3.05) is 5.32 Å². The fourth-order valence-electron chi connectivity index (χ4n) is 2.72. The normalized spacial score (nSPS) is 12.6. The van der Waals surface area contributed by atoms with Crippen LogP contribution in [0.25, 0.3) is 6.08 Å². The zero-order chi connectivity index (χ0) is 19.5. The lowest BCUT2D eigenvalue weighted by Gasteiger charge is -2.04. The second-order valence-electron chi connectivity index (χ2n) is 6.06. The van der Waals surface area contributed by atoms with Gasteiger partial charge in [-0.2, -0.15) is 0 Å². The van der Waals surface area contributed by atoms with E-state index in [0.717, 1.165) is 14.9 Å². The predicted octanol–water partition coefficient (Wildman–Crippen LogP) is 5.56. The van der Waals surface area contributed by atoms with Crippen LogP contribution in [0.3, 0.4) is 0 Å². The molecule has 4 rings (SSSR count). The van der Waals surface area contributed by atoms with Crippen molar-refractivity contribution in [2.24, 2.45) is 0 Å². The van der Waals surface area contributed by atoms with Crippen LogP contribution < -0.4 is 10.1 Å². The number of hydrogen-bond donors (Lipinski definition) is 1. The maximum Gasteiger partial charge on any atom is 0.257 e. The largest absolute Gasteiger partial charge is 0.464 e. The molecular formula is C21H14BrFN2O2S. The fraction of sp³-hybridized carbons (Fsp3) is 0.0476. The van der Waals surface area contributed by atoms with Gasteiger partial charge < -0.3 is 4.74 Å². The number of halogens is 2. The lowest BCUT2D eigenvalue weighted by atomic mass is 10.1. The second-order valence-corrected chi connectivity index (χ2v) is 8.09. The SMILES string of the molecule is O=C(Nc1ncc(Cc2ccccc2F)s1)C1=Cc2cc(Br)ccc2OC=C1. The van der Waals surface area contributed by atoms with Gasteiger partial charge in [0.05, 0.1) is 6.26 Å². The van der Waals surface area contributed by atoms with Crippen LogP contribution in [0.1, 0.15) is 16.0 Å². The van der Waals surface area contributed by atoms with Gasteiger partial charge in [0.25, 0.3) is 5.91 Å². The number of aromatic nitrogens is 1. The highest BCUT2D eigenvalue weighted by atomic mass is 79.9. The molecule has 0 saturated carbocycles. The van der Waals surface area contributed by atoms with Gasteiger partial charge in [0.2, 0.25) is 0 Å². The number of rotatable bonds is 4. The number of carbonyl (C=O) groups is 1. The van der Waals surface area contributed by atoms with E-state index in [9.17, 15) is 9.18 Å². The fourth-order valence-corrected chi connectivity index (χ4v) is 3.93. The number of nitrogens with one attached hydrogen (secondary N) is 1. The number of amides is 1. The first-order valence-corrected chi connectivity index (χ1v) is 10.0. The third-order valence-electron chi connectivity index (χ3n) is 4.08. The van der Waals surface area contributed by atoms with Gasteiger partial charge in [-0.05, 0) is 42.0 Å². The molecule has 0 saturated heterocycles. The molecule has 2 aromatic carbocycles. The lowest BCUT2D eigenvalue weighted by molar-refractivity contribution is -0.112. The standard InChI is InChI=1S/C21H14BrFN2O2S/c22-16-5-6-19-15(10-16)9-14(7-8-27-19)20(26)25-21-24-12-17(28-21)11-13-3-1-2-4-18(13)23/h1-10,12H,11H2,(H,24,25,26). The summed E-state index contributed by atoms with van der Waals surface area (Å²) in [5.41, 5.74) is 1.84. The molecule has 28 heavy (non-hydrogen) atoms. The molecule has 140 valence electrons. The highest BCUT2D eigenvalue weighted by molar-refractivity contribution is 9.10. The number of hydrogen-bond acceptors (Lipinski definition) is 4. The average Bonchev–Trinajstić information content (AvgIpc) is 2.99. The Bertz CT molecular complexity index is 1110. The van der Waals surface area contributed by atoms with Crippen LogP contribution in [-0.4, -0.2) is 10.9 Å². The summed E-state index contributed by atoms with van der Waals surface area (Å²) in [6, 6.07) is 12.2. The monoisotopic (exact) mass is 456 g/mol. The Morgan fingerprint density at radius 3 is 2.96 bits per heavy atom. The van der Waals surface area contributed by atoms with Crippen LogP contribution >= 0.6 is 27.3 Å². The molecule has 1 aliphatic rings. The van der Waals surface area contributed by atoms with E-state index in [0.29, 0.717) is 28.4 Å². The molecule has 0 atom stereocenters.